The first kappa shape index (κ1) is 14.3. The van der Waals surface area contributed by atoms with Crippen LogP contribution in [-0.2, 0) is 23.2 Å². The molecule has 0 spiro atoms. The number of sulfonamides is 1. The number of thiophene rings is 1. The molecule has 0 saturated heterocycles. The molecule has 0 aliphatic heterocycles. The smallest absolute Gasteiger partial charge is 0.252 e. The van der Waals surface area contributed by atoms with E-state index >= 15 is 0 Å². The summed E-state index contributed by atoms with van der Waals surface area (Å²) in [5, 5.41) is 9.13. The normalized spacial score (nSPS) is 12.2. The molecule has 2 rings (SSSR count). The Bertz CT molecular complexity index is 643. The topological polar surface area (TPSA) is 70.8 Å². The van der Waals surface area contributed by atoms with Crippen molar-refractivity contribution in [2.24, 2.45) is 0 Å². The maximum absolute atomic E-state index is 12.4. The Morgan fingerprint density at radius 2 is 2.21 bits per heavy atom. The van der Waals surface area contributed by atoms with Crippen LogP contribution in [0.15, 0.2) is 33.3 Å². The molecule has 2 aromatic heterocycles. The van der Waals surface area contributed by atoms with Crippen LogP contribution in [0.3, 0.4) is 0 Å². The molecule has 0 aliphatic rings. The number of nitrogens with zero attached hydrogens (tertiary/aromatic N) is 1. The fourth-order valence-corrected chi connectivity index (χ4v) is 4.47. The van der Waals surface area contributed by atoms with Gasteiger partial charge >= 0.3 is 0 Å². The minimum Gasteiger partial charge on any atom is -0.472 e. The first-order chi connectivity index (χ1) is 8.95. The van der Waals surface area contributed by atoms with Crippen molar-refractivity contribution >= 4 is 21.4 Å². The molecule has 104 valence electrons. The van der Waals surface area contributed by atoms with Gasteiger partial charge < -0.3 is 9.52 Å². The second-order valence-corrected chi connectivity index (χ2v) is 7.63. The number of hydrogen-bond donors (Lipinski definition) is 1. The molecule has 0 radical (unpaired) electrons. The van der Waals surface area contributed by atoms with Crippen LogP contribution in [0.1, 0.15) is 16.0 Å². The summed E-state index contributed by atoms with van der Waals surface area (Å²) in [6, 6.07) is 3.32. The largest absolute Gasteiger partial charge is 0.472 e. The summed E-state index contributed by atoms with van der Waals surface area (Å²) in [4.78, 5) is 0.676. The van der Waals surface area contributed by atoms with Gasteiger partial charge in [-0.2, -0.15) is 4.31 Å². The first-order valence-electron chi connectivity index (χ1n) is 5.62. The highest BCUT2D eigenvalue weighted by atomic mass is 32.2. The molecular formula is C12H15NO4S2. The predicted molar refractivity (Wildman–Crippen MR) is 72.3 cm³/mol. The Balaban J connectivity index is 2.25. The van der Waals surface area contributed by atoms with Gasteiger partial charge in [0.05, 0.1) is 19.1 Å². The Kier molecular flexibility index (Phi) is 4.10. The van der Waals surface area contributed by atoms with Crippen molar-refractivity contribution in [3.05, 3.63) is 40.7 Å². The number of rotatable bonds is 5. The van der Waals surface area contributed by atoms with Gasteiger partial charge in [0.15, 0.2) is 0 Å². The second kappa shape index (κ2) is 5.46. The lowest BCUT2D eigenvalue weighted by Crippen LogP contribution is -2.25. The number of hydrogen-bond acceptors (Lipinski definition) is 5. The molecule has 0 bridgehead atoms. The summed E-state index contributed by atoms with van der Waals surface area (Å²) in [6.07, 6.45) is 3.03. The number of aliphatic hydroxyl groups excluding tert-OH is 1. The van der Waals surface area contributed by atoms with E-state index in [0.717, 1.165) is 22.5 Å². The van der Waals surface area contributed by atoms with Gasteiger partial charge in [-0.25, -0.2) is 8.42 Å². The van der Waals surface area contributed by atoms with Crippen LogP contribution in [-0.4, -0.2) is 24.9 Å². The molecule has 0 saturated carbocycles. The lowest BCUT2D eigenvalue weighted by atomic mass is 10.3. The summed E-state index contributed by atoms with van der Waals surface area (Å²) >= 11 is 1.10. The standard InChI is InChI=1S/C12H15NO4S2/c1-9-5-12(18-11(9)7-14)19(15,16)13(2)6-10-3-4-17-8-10/h3-5,8,14H,6-7H2,1-2H3. The SMILES string of the molecule is Cc1cc(S(=O)(=O)N(C)Cc2ccoc2)sc1CO. The lowest BCUT2D eigenvalue weighted by molar-refractivity contribution is 0.285. The molecule has 2 heterocycles. The molecule has 0 unspecified atom stereocenters. The molecule has 19 heavy (non-hydrogen) atoms. The summed E-state index contributed by atoms with van der Waals surface area (Å²) in [7, 11) is -2.00. The molecule has 7 heteroatoms. The van der Waals surface area contributed by atoms with E-state index in [4.69, 9.17) is 9.52 Å². The minimum absolute atomic E-state index is 0.141. The molecule has 0 atom stereocenters. The second-order valence-electron chi connectivity index (χ2n) is 4.22. The van der Waals surface area contributed by atoms with E-state index in [1.54, 1.807) is 19.1 Å². The average Bonchev–Trinajstić information content (AvgIpc) is 2.98. The zero-order valence-corrected chi connectivity index (χ0v) is 12.3. The zero-order chi connectivity index (χ0) is 14.0. The Labute approximate surface area is 116 Å². The number of aliphatic hydroxyl groups is 1. The average molecular weight is 301 g/mol. The third-order valence-corrected chi connectivity index (χ3v) is 6.27. The van der Waals surface area contributed by atoms with E-state index in [1.807, 2.05) is 0 Å². The van der Waals surface area contributed by atoms with Crippen molar-refractivity contribution in [1.29, 1.82) is 0 Å². The van der Waals surface area contributed by atoms with Gasteiger partial charge in [-0.1, -0.05) is 0 Å². The van der Waals surface area contributed by atoms with Crippen LogP contribution in [0.5, 0.6) is 0 Å². The monoisotopic (exact) mass is 301 g/mol. The summed E-state index contributed by atoms with van der Waals surface area (Å²) in [6.45, 7) is 1.90. The van der Waals surface area contributed by atoms with Crippen molar-refractivity contribution in [3.63, 3.8) is 0 Å². The van der Waals surface area contributed by atoms with E-state index in [-0.39, 0.29) is 17.4 Å². The lowest BCUT2D eigenvalue weighted by Gasteiger charge is -2.14. The third kappa shape index (κ3) is 2.89. The summed E-state index contributed by atoms with van der Waals surface area (Å²) in [5.74, 6) is 0. The van der Waals surface area contributed by atoms with Crippen LogP contribution in [0.2, 0.25) is 0 Å². The molecule has 0 fully saturated rings. The van der Waals surface area contributed by atoms with E-state index < -0.39 is 10.0 Å². The van der Waals surface area contributed by atoms with Crippen LogP contribution >= 0.6 is 11.3 Å². The molecule has 2 aromatic rings. The maximum Gasteiger partial charge on any atom is 0.252 e. The molecule has 0 aliphatic carbocycles. The van der Waals surface area contributed by atoms with Crippen molar-refractivity contribution in [2.75, 3.05) is 7.05 Å². The van der Waals surface area contributed by atoms with Gasteiger partial charge in [0.2, 0.25) is 0 Å². The van der Waals surface area contributed by atoms with E-state index in [2.05, 4.69) is 0 Å². The van der Waals surface area contributed by atoms with Crippen LogP contribution in [0.4, 0.5) is 0 Å². The quantitative estimate of drug-likeness (QED) is 0.916. The molecule has 0 aromatic carbocycles. The fraction of sp³-hybridized carbons (Fsp3) is 0.333. The van der Waals surface area contributed by atoms with Gasteiger partial charge in [-0.05, 0) is 24.6 Å². The van der Waals surface area contributed by atoms with Crippen molar-refractivity contribution in [1.82, 2.24) is 4.31 Å². The van der Waals surface area contributed by atoms with E-state index in [0.29, 0.717) is 4.88 Å². The maximum atomic E-state index is 12.4. The van der Waals surface area contributed by atoms with Gasteiger partial charge in [-0.15, -0.1) is 11.3 Å². The Morgan fingerprint density at radius 3 is 2.74 bits per heavy atom. The van der Waals surface area contributed by atoms with Crippen molar-refractivity contribution in [3.8, 4) is 0 Å². The Morgan fingerprint density at radius 1 is 1.47 bits per heavy atom. The number of furan rings is 1. The highest BCUT2D eigenvalue weighted by Gasteiger charge is 2.24. The van der Waals surface area contributed by atoms with E-state index in [1.165, 1.54) is 23.9 Å². The van der Waals surface area contributed by atoms with Crippen molar-refractivity contribution < 1.29 is 17.9 Å². The molecule has 1 N–H and O–H groups in total. The van der Waals surface area contributed by atoms with E-state index in [9.17, 15) is 8.42 Å². The van der Waals surface area contributed by atoms with Crippen molar-refractivity contribution in [2.45, 2.75) is 24.3 Å². The predicted octanol–water partition coefficient (Wildman–Crippen LogP) is 1.96. The van der Waals surface area contributed by atoms with Crippen LogP contribution in [0.25, 0.3) is 0 Å². The van der Waals surface area contributed by atoms with Crippen LogP contribution < -0.4 is 0 Å². The summed E-state index contributed by atoms with van der Waals surface area (Å²) < 4.78 is 31.2. The third-order valence-electron chi connectivity index (χ3n) is 2.79. The highest BCUT2D eigenvalue weighted by Crippen LogP contribution is 2.28. The van der Waals surface area contributed by atoms with Gasteiger partial charge in [-0.3, -0.25) is 0 Å². The number of aryl methyl sites for hydroxylation is 1. The zero-order valence-electron chi connectivity index (χ0n) is 10.7. The highest BCUT2D eigenvalue weighted by molar-refractivity contribution is 7.91. The first-order valence-corrected chi connectivity index (χ1v) is 7.88. The summed E-state index contributed by atoms with van der Waals surface area (Å²) in [5.41, 5.74) is 1.59. The molecule has 0 amide bonds. The van der Waals surface area contributed by atoms with Gasteiger partial charge in [0.25, 0.3) is 10.0 Å². The van der Waals surface area contributed by atoms with Crippen LogP contribution in [0, 0.1) is 6.92 Å². The van der Waals surface area contributed by atoms with Gasteiger partial charge in [0, 0.05) is 24.0 Å². The molecular weight excluding hydrogens is 286 g/mol. The fourth-order valence-electron chi connectivity index (χ4n) is 1.65. The molecule has 5 nitrogen and oxygen atoms in total. The Hall–Kier alpha value is -1.15. The minimum atomic E-state index is -3.53. The van der Waals surface area contributed by atoms with Gasteiger partial charge in [0.1, 0.15) is 4.21 Å².